The van der Waals surface area contributed by atoms with Crippen molar-refractivity contribution in [3.8, 4) is 0 Å². The van der Waals surface area contributed by atoms with Crippen molar-refractivity contribution in [1.82, 2.24) is 14.5 Å². The molecule has 2 atom stereocenters. The molecule has 1 amide bonds. The van der Waals surface area contributed by atoms with E-state index in [1.165, 1.54) is 0 Å². The fraction of sp³-hybridized carbons (Fsp3) is 0.500. The minimum Gasteiger partial charge on any atom is -0.481 e. The molecule has 1 aliphatic heterocycles. The Morgan fingerprint density at radius 1 is 1.32 bits per heavy atom. The van der Waals surface area contributed by atoms with Gasteiger partial charge in [0.05, 0.1) is 22.7 Å². The molecule has 2 aromatic rings. The highest BCUT2D eigenvalue weighted by Gasteiger charge is 2.32. The van der Waals surface area contributed by atoms with Gasteiger partial charge in [-0.05, 0) is 38.2 Å². The smallest absolute Gasteiger partial charge is 0.308 e. The van der Waals surface area contributed by atoms with E-state index in [0.717, 1.165) is 29.0 Å². The number of rotatable bonds is 5. The van der Waals surface area contributed by atoms with Crippen LogP contribution in [-0.2, 0) is 21.9 Å². The maximum atomic E-state index is 12.9. The van der Waals surface area contributed by atoms with Crippen LogP contribution in [0.1, 0.15) is 25.6 Å². The number of carboxylic acid groups (broad SMARTS) is 1. The Hall–Kier alpha value is -2.02. The summed E-state index contributed by atoms with van der Waals surface area (Å²) in [6.45, 7) is 2.48. The van der Waals surface area contributed by atoms with E-state index < -0.39 is 11.9 Å². The summed E-state index contributed by atoms with van der Waals surface area (Å²) in [6, 6.07) is 7.87. The minimum atomic E-state index is -0.819. The topological polar surface area (TPSA) is 75.4 Å². The number of amides is 1. The number of imidazole rings is 1. The van der Waals surface area contributed by atoms with E-state index in [1.54, 1.807) is 16.7 Å². The number of piperidine rings is 1. The van der Waals surface area contributed by atoms with Crippen LogP contribution in [0, 0.1) is 5.92 Å². The van der Waals surface area contributed by atoms with Gasteiger partial charge in [0.25, 0.3) is 0 Å². The fourth-order valence-electron chi connectivity index (χ4n) is 3.42. The maximum absolute atomic E-state index is 12.9. The second-order valence-electron chi connectivity index (χ2n) is 6.54. The number of para-hydroxylation sites is 2. The molecule has 7 heteroatoms. The van der Waals surface area contributed by atoms with Crippen LogP contribution >= 0.6 is 11.8 Å². The zero-order valence-electron chi connectivity index (χ0n) is 14.5. The first-order valence-corrected chi connectivity index (χ1v) is 9.86. The molecule has 1 N–H and O–H groups in total. The lowest BCUT2D eigenvalue weighted by atomic mass is 9.93. The van der Waals surface area contributed by atoms with Gasteiger partial charge >= 0.3 is 5.97 Å². The number of carbonyl (C=O) groups excluding carboxylic acids is 1. The van der Waals surface area contributed by atoms with E-state index in [2.05, 4.69) is 4.98 Å². The molecule has 1 aliphatic rings. The molecule has 0 aliphatic carbocycles. The summed E-state index contributed by atoms with van der Waals surface area (Å²) < 4.78 is 1.96. The van der Waals surface area contributed by atoms with E-state index in [1.807, 2.05) is 42.0 Å². The number of aromatic nitrogens is 2. The van der Waals surface area contributed by atoms with Gasteiger partial charge in [-0.25, -0.2) is 4.98 Å². The van der Waals surface area contributed by atoms with Gasteiger partial charge in [-0.15, -0.1) is 0 Å². The number of aliphatic carboxylic acids is 1. The Labute approximate surface area is 151 Å². The summed E-state index contributed by atoms with van der Waals surface area (Å²) in [6.07, 6.45) is 3.37. The van der Waals surface area contributed by atoms with Crippen LogP contribution in [0.25, 0.3) is 11.0 Å². The van der Waals surface area contributed by atoms with Gasteiger partial charge in [0, 0.05) is 12.6 Å². The minimum absolute atomic E-state index is 0.0380. The number of hydrogen-bond acceptors (Lipinski definition) is 4. The van der Waals surface area contributed by atoms with Crippen molar-refractivity contribution in [3.05, 3.63) is 30.1 Å². The van der Waals surface area contributed by atoms with Crippen molar-refractivity contribution >= 4 is 34.7 Å². The molecule has 2 heterocycles. The molecule has 0 bridgehead atoms. The number of carboxylic acids is 1. The number of carbonyl (C=O) groups is 2. The van der Waals surface area contributed by atoms with Crippen molar-refractivity contribution in [1.29, 1.82) is 0 Å². The van der Waals surface area contributed by atoms with Gasteiger partial charge in [0.2, 0.25) is 5.91 Å². The summed E-state index contributed by atoms with van der Waals surface area (Å²) in [5.41, 5.74) is 1.83. The monoisotopic (exact) mass is 361 g/mol. The summed E-state index contributed by atoms with van der Waals surface area (Å²) in [7, 11) is 0. The number of thioether (sulfide) groups is 1. The van der Waals surface area contributed by atoms with Crippen LogP contribution in [0.2, 0.25) is 0 Å². The predicted molar refractivity (Wildman–Crippen MR) is 98.5 cm³/mol. The molecule has 1 saturated heterocycles. The first-order chi connectivity index (χ1) is 12.0. The highest BCUT2D eigenvalue weighted by atomic mass is 32.2. The Balaban J connectivity index is 1.86. The molecule has 0 spiro atoms. The largest absolute Gasteiger partial charge is 0.481 e. The van der Waals surface area contributed by atoms with Gasteiger partial charge < -0.3 is 14.6 Å². The Kier molecular flexibility index (Phi) is 5.32. The van der Waals surface area contributed by atoms with E-state index in [9.17, 15) is 14.7 Å². The Bertz CT molecular complexity index is 789. The zero-order chi connectivity index (χ0) is 18.0. The van der Waals surface area contributed by atoms with Gasteiger partial charge in [-0.1, -0.05) is 12.1 Å². The van der Waals surface area contributed by atoms with Gasteiger partial charge in [-0.2, -0.15) is 11.8 Å². The molecular weight excluding hydrogens is 338 g/mol. The standard InChI is InChI=1S/C18H23N3O3S/c1-12-7-8-13(18(23)24)9-20(12)17(22)10-21-15-6-4-3-5-14(15)19-16(21)11-25-2/h3-6,12-13H,7-11H2,1-2H3,(H,23,24). The lowest BCUT2D eigenvalue weighted by molar-refractivity contribution is -0.147. The third-order valence-electron chi connectivity index (χ3n) is 4.85. The molecule has 3 rings (SSSR count). The molecule has 2 unspecified atom stereocenters. The van der Waals surface area contributed by atoms with Crippen LogP contribution in [0.15, 0.2) is 24.3 Å². The van der Waals surface area contributed by atoms with Crippen molar-refractivity contribution < 1.29 is 14.7 Å². The normalized spacial score (nSPS) is 20.8. The maximum Gasteiger partial charge on any atom is 0.308 e. The predicted octanol–water partition coefficient (Wildman–Crippen LogP) is 2.61. The molecule has 1 fully saturated rings. The summed E-state index contributed by atoms with van der Waals surface area (Å²) in [5, 5.41) is 9.28. The average molecular weight is 361 g/mol. The lowest BCUT2D eigenvalue weighted by Crippen LogP contribution is -2.48. The molecule has 1 aromatic heterocycles. The quantitative estimate of drug-likeness (QED) is 0.886. The van der Waals surface area contributed by atoms with Crippen LogP contribution in [-0.4, -0.2) is 50.3 Å². The highest BCUT2D eigenvalue weighted by molar-refractivity contribution is 7.97. The molecule has 1 aromatic carbocycles. The third kappa shape index (κ3) is 3.66. The summed E-state index contributed by atoms with van der Waals surface area (Å²) >= 11 is 1.67. The Morgan fingerprint density at radius 2 is 2.08 bits per heavy atom. The summed E-state index contributed by atoms with van der Waals surface area (Å²) in [5.74, 6) is 0.284. The summed E-state index contributed by atoms with van der Waals surface area (Å²) in [4.78, 5) is 30.6. The van der Waals surface area contributed by atoms with Gasteiger partial charge in [-0.3, -0.25) is 9.59 Å². The fourth-order valence-corrected chi connectivity index (χ4v) is 3.90. The van der Waals surface area contributed by atoms with E-state index >= 15 is 0 Å². The number of nitrogens with zero attached hydrogens (tertiary/aromatic N) is 3. The third-order valence-corrected chi connectivity index (χ3v) is 5.40. The van der Waals surface area contributed by atoms with Crippen LogP contribution in [0.4, 0.5) is 0 Å². The van der Waals surface area contributed by atoms with Crippen molar-refractivity contribution in [2.45, 2.75) is 38.1 Å². The Morgan fingerprint density at radius 3 is 2.80 bits per heavy atom. The van der Waals surface area contributed by atoms with E-state index in [-0.39, 0.29) is 18.5 Å². The first-order valence-electron chi connectivity index (χ1n) is 8.46. The zero-order valence-corrected chi connectivity index (χ0v) is 15.3. The van der Waals surface area contributed by atoms with Gasteiger partial charge in [0.15, 0.2) is 0 Å². The number of likely N-dealkylation sites (tertiary alicyclic amines) is 1. The number of hydrogen-bond donors (Lipinski definition) is 1. The lowest BCUT2D eigenvalue weighted by Gasteiger charge is -2.36. The second-order valence-corrected chi connectivity index (χ2v) is 7.41. The molecule has 0 saturated carbocycles. The van der Waals surface area contributed by atoms with Crippen LogP contribution in [0.5, 0.6) is 0 Å². The van der Waals surface area contributed by atoms with E-state index in [0.29, 0.717) is 13.0 Å². The highest BCUT2D eigenvalue weighted by Crippen LogP contribution is 2.24. The molecule has 6 nitrogen and oxygen atoms in total. The van der Waals surface area contributed by atoms with Crippen LogP contribution < -0.4 is 0 Å². The van der Waals surface area contributed by atoms with E-state index in [4.69, 9.17) is 0 Å². The average Bonchev–Trinajstić information content (AvgIpc) is 2.93. The molecule has 25 heavy (non-hydrogen) atoms. The number of benzene rings is 1. The van der Waals surface area contributed by atoms with Gasteiger partial charge in [0.1, 0.15) is 12.4 Å². The molecule has 0 radical (unpaired) electrons. The second kappa shape index (κ2) is 7.47. The van der Waals surface area contributed by atoms with Crippen molar-refractivity contribution in [2.24, 2.45) is 5.92 Å². The SMILES string of the molecule is CSCc1nc2ccccc2n1CC(=O)N1CC(C(=O)O)CCC1C. The van der Waals surface area contributed by atoms with Crippen molar-refractivity contribution in [2.75, 3.05) is 12.8 Å². The molecular formula is C18H23N3O3S. The van der Waals surface area contributed by atoms with Crippen molar-refractivity contribution in [3.63, 3.8) is 0 Å². The first kappa shape index (κ1) is 17.8. The molecule has 134 valence electrons. The number of fused-ring (bicyclic) bond motifs is 1. The van der Waals surface area contributed by atoms with Crippen LogP contribution in [0.3, 0.4) is 0 Å².